The molecule has 15 heavy (non-hydrogen) atoms. The molecule has 0 bridgehead atoms. The number of hydrogen-bond acceptors (Lipinski definition) is 2. The van der Waals surface area contributed by atoms with Gasteiger partial charge in [-0.3, -0.25) is 0 Å². The highest BCUT2D eigenvalue weighted by Crippen LogP contribution is 2.30. The lowest BCUT2D eigenvalue weighted by molar-refractivity contribution is -0.137. The summed E-state index contributed by atoms with van der Waals surface area (Å²) in [5.41, 5.74) is -0.566. The molecule has 2 nitrogen and oxygen atoms in total. The highest BCUT2D eigenvalue weighted by atomic mass is 35.5. The Balaban J connectivity index is 2.97. The van der Waals surface area contributed by atoms with Crippen LogP contribution in [0.25, 0.3) is 0 Å². The lowest BCUT2D eigenvalue weighted by Crippen LogP contribution is -2.03. The molecule has 0 saturated carbocycles. The Labute approximate surface area is 88.6 Å². The molecule has 1 rings (SSSR count). The van der Waals surface area contributed by atoms with Crippen LogP contribution in [-0.4, -0.2) is 5.17 Å². The molecule has 0 amide bonds. The van der Waals surface area contributed by atoms with Crippen molar-refractivity contribution in [1.29, 1.82) is 5.26 Å². The molecule has 0 fully saturated rings. The first-order chi connectivity index (χ1) is 6.93. The van der Waals surface area contributed by atoms with Gasteiger partial charge in [-0.15, -0.1) is 0 Å². The molecule has 78 valence electrons. The van der Waals surface area contributed by atoms with Crippen molar-refractivity contribution in [2.24, 2.45) is 4.99 Å². The third-order valence-electron chi connectivity index (χ3n) is 1.51. The Bertz CT molecular complexity index is 414. The van der Waals surface area contributed by atoms with Crippen molar-refractivity contribution >= 4 is 22.5 Å². The smallest absolute Gasteiger partial charge is 0.226 e. The van der Waals surface area contributed by atoms with E-state index in [0.29, 0.717) is 0 Å². The summed E-state index contributed by atoms with van der Waals surface area (Å²) in [4.78, 5) is 3.55. The number of nitriles is 1. The van der Waals surface area contributed by atoms with E-state index in [1.807, 2.05) is 0 Å². The van der Waals surface area contributed by atoms with Gasteiger partial charge in [-0.25, -0.2) is 4.99 Å². The minimum Gasteiger partial charge on any atom is -0.226 e. The number of halogens is 4. The third kappa shape index (κ3) is 3.26. The average Bonchev–Trinajstić information content (AvgIpc) is 2.17. The molecular weight excluding hydrogens is 229 g/mol. The fourth-order valence-electron chi connectivity index (χ4n) is 0.863. The first kappa shape index (κ1) is 11.5. The van der Waals surface area contributed by atoms with E-state index in [1.165, 1.54) is 0 Å². The van der Waals surface area contributed by atoms with E-state index < -0.39 is 11.7 Å². The second-order valence-corrected chi connectivity index (χ2v) is 2.92. The molecule has 0 unspecified atom stereocenters. The number of benzene rings is 1. The average molecular weight is 233 g/mol. The van der Waals surface area contributed by atoms with Gasteiger partial charge in [-0.2, -0.15) is 18.4 Å². The molecule has 0 aromatic heterocycles. The zero-order chi connectivity index (χ0) is 11.5. The van der Waals surface area contributed by atoms with E-state index in [2.05, 4.69) is 4.99 Å². The predicted molar refractivity (Wildman–Crippen MR) is 50.0 cm³/mol. The molecule has 1 aromatic carbocycles. The summed E-state index contributed by atoms with van der Waals surface area (Å²) in [6.07, 6.45) is -4.37. The predicted octanol–water partition coefficient (Wildman–Crippen LogP) is 3.50. The number of aliphatic imine (C=N–C) groups is 1. The first-order valence-corrected chi connectivity index (χ1v) is 4.13. The maximum Gasteiger partial charge on any atom is 0.416 e. The molecule has 0 radical (unpaired) electrons. The van der Waals surface area contributed by atoms with Gasteiger partial charge in [0.05, 0.1) is 11.3 Å². The summed E-state index contributed by atoms with van der Waals surface area (Å²) < 4.78 is 36.4. The highest BCUT2D eigenvalue weighted by molar-refractivity contribution is 6.69. The van der Waals surface area contributed by atoms with E-state index in [4.69, 9.17) is 16.9 Å². The van der Waals surface area contributed by atoms with Crippen molar-refractivity contribution < 1.29 is 13.2 Å². The van der Waals surface area contributed by atoms with Crippen LogP contribution >= 0.6 is 11.6 Å². The summed E-state index contributed by atoms with van der Waals surface area (Å²) in [5, 5.41) is 7.96. The topological polar surface area (TPSA) is 36.1 Å². The van der Waals surface area contributed by atoms with Gasteiger partial charge in [0, 0.05) is 0 Å². The fourth-order valence-corrected chi connectivity index (χ4v) is 0.961. The summed E-state index contributed by atoms with van der Waals surface area (Å²) >= 11 is 5.30. The van der Waals surface area contributed by atoms with Crippen LogP contribution in [0.2, 0.25) is 0 Å². The number of hydrogen-bond donors (Lipinski definition) is 0. The SMILES string of the molecule is N#C/C(Cl)=N\c1ccc(C(F)(F)F)cc1. The van der Waals surface area contributed by atoms with Crippen molar-refractivity contribution in [2.75, 3.05) is 0 Å². The Kier molecular flexibility index (Phi) is 3.32. The van der Waals surface area contributed by atoms with Crippen LogP contribution in [0.15, 0.2) is 29.3 Å². The highest BCUT2D eigenvalue weighted by Gasteiger charge is 2.29. The Morgan fingerprint density at radius 3 is 2.20 bits per heavy atom. The Morgan fingerprint density at radius 1 is 1.27 bits per heavy atom. The zero-order valence-corrected chi connectivity index (χ0v) is 7.97. The number of rotatable bonds is 1. The van der Waals surface area contributed by atoms with E-state index in [1.54, 1.807) is 6.07 Å². The third-order valence-corrected chi connectivity index (χ3v) is 1.68. The molecule has 0 heterocycles. The van der Waals surface area contributed by atoms with Crippen LogP contribution in [-0.2, 0) is 6.18 Å². The van der Waals surface area contributed by atoms with Gasteiger partial charge in [-0.1, -0.05) is 11.6 Å². The summed E-state index contributed by atoms with van der Waals surface area (Å²) in [6.45, 7) is 0. The number of alkyl halides is 3. The van der Waals surface area contributed by atoms with Gasteiger partial charge in [0.2, 0.25) is 5.17 Å². The standard InChI is InChI=1S/C9H4ClF3N2/c10-8(5-14)15-7-3-1-6(2-4-7)9(11,12)13/h1-4H/b15-8+. The van der Waals surface area contributed by atoms with Crippen LogP contribution in [0.4, 0.5) is 18.9 Å². The maximum atomic E-state index is 12.1. The lowest BCUT2D eigenvalue weighted by Gasteiger charge is -2.05. The second-order valence-electron chi connectivity index (χ2n) is 2.56. The van der Waals surface area contributed by atoms with Crippen molar-refractivity contribution in [2.45, 2.75) is 6.18 Å². The fraction of sp³-hybridized carbons (Fsp3) is 0.111. The van der Waals surface area contributed by atoms with Crippen molar-refractivity contribution in [3.05, 3.63) is 29.8 Å². The van der Waals surface area contributed by atoms with Gasteiger partial charge in [0.1, 0.15) is 6.07 Å². The molecule has 0 aliphatic carbocycles. The minimum absolute atomic E-state index is 0.203. The van der Waals surface area contributed by atoms with Gasteiger partial charge in [0.15, 0.2) is 0 Å². The van der Waals surface area contributed by atoms with Gasteiger partial charge < -0.3 is 0 Å². The van der Waals surface area contributed by atoms with Crippen LogP contribution in [0.5, 0.6) is 0 Å². The van der Waals surface area contributed by atoms with Crippen LogP contribution in [0, 0.1) is 11.3 Å². The lowest BCUT2D eigenvalue weighted by atomic mass is 10.2. The first-order valence-electron chi connectivity index (χ1n) is 3.75. The van der Waals surface area contributed by atoms with Crippen molar-refractivity contribution in [3.63, 3.8) is 0 Å². The van der Waals surface area contributed by atoms with Crippen LogP contribution in [0.1, 0.15) is 5.56 Å². The quantitative estimate of drug-likeness (QED) is 0.683. The molecule has 1 aromatic rings. The Hall–Kier alpha value is -1.54. The maximum absolute atomic E-state index is 12.1. The number of nitrogens with zero attached hydrogens (tertiary/aromatic N) is 2. The van der Waals surface area contributed by atoms with Crippen LogP contribution in [0.3, 0.4) is 0 Å². The normalized spacial score (nSPS) is 12.3. The van der Waals surface area contributed by atoms with Gasteiger partial charge >= 0.3 is 6.18 Å². The summed E-state index contributed by atoms with van der Waals surface area (Å²) in [6, 6.07) is 5.59. The molecule has 0 spiro atoms. The minimum atomic E-state index is -4.37. The largest absolute Gasteiger partial charge is 0.416 e. The molecule has 0 aliphatic rings. The summed E-state index contributed by atoms with van der Waals surface area (Å²) in [7, 11) is 0. The van der Waals surface area contributed by atoms with Gasteiger partial charge in [-0.05, 0) is 24.3 Å². The Morgan fingerprint density at radius 2 is 1.80 bits per heavy atom. The molecular formula is C9H4ClF3N2. The van der Waals surface area contributed by atoms with E-state index in [9.17, 15) is 13.2 Å². The zero-order valence-electron chi connectivity index (χ0n) is 7.22. The van der Waals surface area contributed by atoms with Crippen molar-refractivity contribution in [1.82, 2.24) is 0 Å². The van der Waals surface area contributed by atoms with E-state index in [0.717, 1.165) is 24.3 Å². The van der Waals surface area contributed by atoms with E-state index >= 15 is 0 Å². The van der Waals surface area contributed by atoms with E-state index in [-0.39, 0.29) is 10.9 Å². The molecule has 0 N–H and O–H groups in total. The monoisotopic (exact) mass is 232 g/mol. The second kappa shape index (κ2) is 4.32. The molecule has 0 aliphatic heterocycles. The molecule has 0 atom stereocenters. The van der Waals surface area contributed by atoms with Gasteiger partial charge in [0.25, 0.3) is 0 Å². The molecule has 6 heteroatoms. The summed E-state index contributed by atoms with van der Waals surface area (Å²) in [5.74, 6) is 0. The van der Waals surface area contributed by atoms with Crippen LogP contribution < -0.4 is 0 Å². The van der Waals surface area contributed by atoms with Crippen molar-refractivity contribution in [3.8, 4) is 6.07 Å². The molecule has 0 saturated heterocycles.